The van der Waals surface area contributed by atoms with E-state index in [-0.39, 0.29) is 17.9 Å². The van der Waals surface area contributed by atoms with Crippen LogP contribution in [0.5, 0.6) is 0 Å². The largest absolute Gasteiger partial charge is 0.503 e. The monoisotopic (exact) mass is 431 g/mol. The molecule has 0 fully saturated rings. The van der Waals surface area contributed by atoms with Crippen LogP contribution in [-0.2, 0) is 11.3 Å². The van der Waals surface area contributed by atoms with Crippen LogP contribution in [-0.4, -0.2) is 21.7 Å². The van der Waals surface area contributed by atoms with Gasteiger partial charge in [-0.05, 0) is 55.0 Å². The van der Waals surface area contributed by atoms with E-state index in [4.69, 9.17) is 32.0 Å². The van der Waals surface area contributed by atoms with Gasteiger partial charge in [-0.1, -0.05) is 23.2 Å². The fourth-order valence-electron chi connectivity index (χ4n) is 3.39. The van der Waals surface area contributed by atoms with Gasteiger partial charge in [-0.3, -0.25) is 9.59 Å². The number of Topliss-reactive ketones (excluding diaryl/α,β-unsaturated/α-hetero) is 1. The molecule has 1 atom stereocenters. The molecule has 8 heteroatoms. The molecule has 2 aromatic heterocycles. The van der Waals surface area contributed by atoms with Gasteiger partial charge in [0.05, 0.1) is 24.4 Å². The Morgan fingerprint density at radius 3 is 2.48 bits per heavy atom. The molecule has 0 radical (unpaired) electrons. The molecule has 0 saturated heterocycles. The van der Waals surface area contributed by atoms with E-state index in [0.717, 1.165) is 0 Å². The van der Waals surface area contributed by atoms with Crippen LogP contribution in [0.2, 0.25) is 10.0 Å². The Hall–Kier alpha value is -2.96. The maximum atomic E-state index is 13.1. The highest BCUT2D eigenvalue weighted by Crippen LogP contribution is 2.41. The zero-order valence-electron chi connectivity index (χ0n) is 15.2. The molecular formula is C21H15Cl2NO5. The van der Waals surface area contributed by atoms with Gasteiger partial charge in [-0.2, -0.15) is 0 Å². The molecule has 0 spiro atoms. The Morgan fingerprint density at radius 1 is 1.17 bits per heavy atom. The number of rotatable bonds is 5. The van der Waals surface area contributed by atoms with E-state index >= 15 is 0 Å². The van der Waals surface area contributed by atoms with Crippen molar-refractivity contribution in [3.05, 3.63) is 92.9 Å². The Labute approximate surface area is 175 Å². The predicted octanol–water partition coefficient (Wildman–Crippen LogP) is 5.27. The minimum absolute atomic E-state index is 0.0230. The average Bonchev–Trinajstić information content (AvgIpc) is 3.38. The second-order valence-electron chi connectivity index (χ2n) is 6.62. The van der Waals surface area contributed by atoms with E-state index in [9.17, 15) is 14.7 Å². The molecule has 148 valence electrons. The number of carbonyl (C=O) groups excluding carboxylic acids is 2. The fourth-order valence-corrected chi connectivity index (χ4v) is 3.93. The van der Waals surface area contributed by atoms with Gasteiger partial charge < -0.3 is 18.8 Å². The smallest absolute Gasteiger partial charge is 0.290 e. The highest BCUT2D eigenvalue weighted by Gasteiger charge is 2.45. The topological polar surface area (TPSA) is 83.9 Å². The molecular weight excluding hydrogens is 417 g/mol. The number of carbonyl (C=O) groups is 2. The summed E-state index contributed by atoms with van der Waals surface area (Å²) in [4.78, 5) is 27.3. The summed E-state index contributed by atoms with van der Waals surface area (Å²) in [5.41, 5.74) is 0.382. The molecule has 0 saturated carbocycles. The normalized spacial score (nSPS) is 16.7. The lowest BCUT2D eigenvalue weighted by atomic mass is 9.95. The van der Waals surface area contributed by atoms with Crippen molar-refractivity contribution in [2.24, 2.45) is 0 Å². The van der Waals surface area contributed by atoms with E-state index in [2.05, 4.69) is 0 Å². The van der Waals surface area contributed by atoms with Crippen LogP contribution in [0.15, 0.2) is 68.9 Å². The quantitative estimate of drug-likeness (QED) is 0.556. The van der Waals surface area contributed by atoms with E-state index < -0.39 is 23.5 Å². The first-order valence-corrected chi connectivity index (χ1v) is 9.44. The lowest BCUT2D eigenvalue weighted by molar-refractivity contribution is -0.130. The first-order valence-electron chi connectivity index (χ1n) is 8.68. The van der Waals surface area contributed by atoms with Crippen LogP contribution in [0.1, 0.15) is 33.7 Å². The summed E-state index contributed by atoms with van der Waals surface area (Å²) in [6.07, 6.45) is 1.48. The summed E-state index contributed by atoms with van der Waals surface area (Å²) >= 11 is 12.3. The molecule has 6 nitrogen and oxygen atoms in total. The number of benzene rings is 1. The van der Waals surface area contributed by atoms with Crippen molar-refractivity contribution in [2.45, 2.75) is 19.5 Å². The minimum atomic E-state index is -0.915. The molecule has 1 aromatic carbocycles. The van der Waals surface area contributed by atoms with E-state index in [1.54, 1.807) is 43.3 Å². The zero-order chi connectivity index (χ0) is 20.7. The number of hydrogen-bond donors (Lipinski definition) is 1. The molecule has 1 amide bonds. The average molecular weight is 432 g/mol. The Morgan fingerprint density at radius 2 is 1.90 bits per heavy atom. The molecule has 3 heterocycles. The van der Waals surface area contributed by atoms with Crippen molar-refractivity contribution in [2.75, 3.05) is 0 Å². The van der Waals surface area contributed by atoms with Crippen molar-refractivity contribution in [1.82, 2.24) is 4.90 Å². The molecule has 29 heavy (non-hydrogen) atoms. The second kappa shape index (κ2) is 7.46. The summed E-state index contributed by atoms with van der Waals surface area (Å²) in [7, 11) is 0. The maximum Gasteiger partial charge on any atom is 0.290 e. The number of aliphatic hydroxyl groups is 1. The third-order valence-corrected chi connectivity index (χ3v) is 5.06. The first-order chi connectivity index (χ1) is 13.8. The number of amides is 1. The number of hydrogen-bond acceptors (Lipinski definition) is 5. The maximum absolute atomic E-state index is 13.1. The number of ketones is 1. The van der Waals surface area contributed by atoms with Crippen LogP contribution in [0.25, 0.3) is 0 Å². The van der Waals surface area contributed by atoms with E-state index in [0.29, 0.717) is 27.1 Å². The lowest BCUT2D eigenvalue weighted by Crippen LogP contribution is -2.30. The zero-order valence-corrected chi connectivity index (χ0v) is 16.7. The van der Waals surface area contributed by atoms with Gasteiger partial charge in [0.15, 0.2) is 11.5 Å². The Kier molecular flexibility index (Phi) is 4.98. The van der Waals surface area contributed by atoms with Crippen molar-refractivity contribution in [3.63, 3.8) is 0 Å². The molecule has 1 aliphatic heterocycles. The van der Waals surface area contributed by atoms with E-state index in [1.807, 2.05) is 0 Å². The van der Waals surface area contributed by atoms with Crippen molar-refractivity contribution < 1.29 is 23.5 Å². The van der Waals surface area contributed by atoms with Crippen molar-refractivity contribution >= 4 is 34.9 Å². The van der Waals surface area contributed by atoms with Gasteiger partial charge >= 0.3 is 0 Å². The number of aliphatic hydroxyl groups excluding tert-OH is 1. The SMILES string of the molecule is Cc1ccc(C(=O)C2=C(O)C(=O)N(Cc3ccco3)C2c2cc(Cl)cc(Cl)c2)o1. The number of furan rings is 2. The number of aryl methyl sites for hydroxylation is 1. The van der Waals surface area contributed by atoms with E-state index in [1.165, 1.54) is 17.2 Å². The summed E-state index contributed by atoms with van der Waals surface area (Å²) in [6.45, 7) is 1.74. The molecule has 1 N–H and O–H groups in total. The fraction of sp³-hybridized carbons (Fsp3) is 0.143. The Balaban J connectivity index is 1.84. The van der Waals surface area contributed by atoms with Gasteiger partial charge in [-0.15, -0.1) is 0 Å². The highest BCUT2D eigenvalue weighted by molar-refractivity contribution is 6.34. The first kappa shape index (κ1) is 19.4. The summed E-state index contributed by atoms with van der Waals surface area (Å²) < 4.78 is 10.8. The molecule has 0 aliphatic carbocycles. The summed E-state index contributed by atoms with van der Waals surface area (Å²) in [5, 5.41) is 11.3. The predicted molar refractivity (Wildman–Crippen MR) is 106 cm³/mol. The third kappa shape index (κ3) is 3.57. The molecule has 4 rings (SSSR count). The van der Waals surface area contributed by atoms with Crippen LogP contribution in [0.3, 0.4) is 0 Å². The standard InChI is InChI=1S/C21H15Cl2NO5/c1-11-4-5-16(29-11)19(25)17-18(12-7-13(22)9-14(23)8-12)24(21(27)20(17)26)10-15-3-2-6-28-15/h2-9,18,26H,10H2,1H3. The van der Waals surface area contributed by atoms with Gasteiger partial charge in [0.2, 0.25) is 5.78 Å². The van der Waals surface area contributed by atoms with Gasteiger partial charge in [-0.25, -0.2) is 0 Å². The number of nitrogens with zero attached hydrogens (tertiary/aromatic N) is 1. The second-order valence-corrected chi connectivity index (χ2v) is 7.49. The highest BCUT2D eigenvalue weighted by atomic mass is 35.5. The molecule has 0 bridgehead atoms. The molecule has 1 unspecified atom stereocenters. The summed E-state index contributed by atoms with van der Waals surface area (Å²) in [5.74, 6) is -0.882. The van der Waals surface area contributed by atoms with Crippen molar-refractivity contribution in [3.8, 4) is 0 Å². The van der Waals surface area contributed by atoms with Crippen molar-refractivity contribution in [1.29, 1.82) is 0 Å². The third-order valence-electron chi connectivity index (χ3n) is 4.62. The van der Waals surface area contributed by atoms with Gasteiger partial charge in [0, 0.05) is 10.0 Å². The van der Waals surface area contributed by atoms with Gasteiger partial charge in [0.25, 0.3) is 5.91 Å². The molecule has 1 aliphatic rings. The van der Waals surface area contributed by atoms with Gasteiger partial charge in [0.1, 0.15) is 11.5 Å². The Bertz CT molecular complexity index is 1110. The van der Waals surface area contributed by atoms with Crippen LogP contribution in [0, 0.1) is 6.92 Å². The summed E-state index contributed by atoms with van der Waals surface area (Å²) in [6, 6.07) is 10.3. The van der Waals surface area contributed by atoms with Crippen LogP contribution < -0.4 is 0 Å². The number of halogens is 2. The van der Waals surface area contributed by atoms with Crippen LogP contribution >= 0.6 is 23.2 Å². The molecule has 3 aromatic rings. The van der Waals surface area contributed by atoms with Crippen LogP contribution in [0.4, 0.5) is 0 Å². The lowest BCUT2D eigenvalue weighted by Gasteiger charge is -2.26. The minimum Gasteiger partial charge on any atom is -0.503 e.